The van der Waals surface area contributed by atoms with E-state index in [9.17, 15) is 19.8 Å². The van der Waals surface area contributed by atoms with Gasteiger partial charge in [-0.25, -0.2) is 4.79 Å². The number of hydrogen-bond donors (Lipinski definition) is 2. The van der Waals surface area contributed by atoms with Gasteiger partial charge in [0.2, 0.25) is 5.43 Å². The highest BCUT2D eigenvalue weighted by molar-refractivity contribution is 5.93. The van der Waals surface area contributed by atoms with E-state index < -0.39 is 11.4 Å². The number of aromatic carboxylic acids is 1. The largest absolute Gasteiger partial charge is 0.508 e. The number of hydrogen-bond acceptors (Lipinski definition) is 4. The molecule has 6 heteroatoms. The summed E-state index contributed by atoms with van der Waals surface area (Å²) in [5.41, 5.74) is 0.113. The van der Waals surface area contributed by atoms with Crippen molar-refractivity contribution in [1.29, 1.82) is 0 Å². The Hall–Kier alpha value is -3.28. The van der Waals surface area contributed by atoms with E-state index in [-0.39, 0.29) is 16.7 Å². The third-order valence-electron chi connectivity index (χ3n) is 3.63. The fourth-order valence-electron chi connectivity index (χ4n) is 2.57. The molecule has 0 unspecified atom stereocenters. The molecule has 2 aromatic carbocycles. The molecule has 6 nitrogen and oxygen atoms in total. The highest BCUT2D eigenvalue weighted by atomic mass is 16.5. The van der Waals surface area contributed by atoms with Gasteiger partial charge >= 0.3 is 5.97 Å². The Labute approximate surface area is 137 Å². The van der Waals surface area contributed by atoms with Crippen molar-refractivity contribution in [3.63, 3.8) is 0 Å². The first-order chi connectivity index (χ1) is 11.5. The second kappa shape index (κ2) is 6.08. The maximum Gasteiger partial charge on any atom is 0.341 e. The number of phenols is 1. The van der Waals surface area contributed by atoms with Crippen molar-refractivity contribution in [1.82, 2.24) is 4.57 Å². The second-order valence-electron chi connectivity index (χ2n) is 5.18. The number of carboxylic acid groups (broad SMARTS) is 1. The van der Waals surface area contributed by atoms with Crippen molar-refractivity contribution in [2.75, 3.05) is 6.61 Å². The van der Waals surface area contributed by atoms with E-state index >= 15 is 0 Å². The van der Waals surface area contributed by atoms with Crippen LogP contribution in [0.3, 0.4) is 0 Å². The van der Waals surface area contributed by atoms with Gasteiger partial charge in [-0.15, -0.1) is 0 Å². The quantitative estimate of drug-likeness (QED) is 0.770. The number of aromatic hydroxyl groups is 1. The first-order valence-electron chi connectivity index (χ1n) is 7.36. The van der Waals surface area contributed by atoms with Crippen LogP contribution in [0, 0.1) is 0 Å². The molecule has 24 heavy (non-hydrogen) atoms. The van der Waals surface area contributed by atoms with Crippen LogP contribution in [-0.2, 0) is 0 Å². The summed E-state index contributed by atoms with van der Waals surface area (Å²) in [7, 11) is 0. The molecule has 0 radical (unpaired) electrons. The lowest BCUT2D eigenvalue weighted by molar-refractivity contribution is 0.0695. The van der Waals surface area contributed by atoms with E-state index in [0.29, 0.717) is 23.6 Å². The minimum absolute atomic E-state index is 0.0142. The summed E-state index contributed by atoms with van der Waals surface area (Å²) in [6, 6.07) is 11.3. The first kappa shape index (κ1) is 15.6. The van der Waals surface area contributed by atoms with E-state index in [4.69, 9.17) is 4.74 Å². The van der Waals surface area contributed by atoms with Gasteiger partial charge in [-0.1, -0.05) is 6.07 Å². The fraction of sp³-hybridized carbons (Fsp3) is 0.111. The number of ether oxygens (including phenoxy) is 1. The van der Waals surface area contributed by atoms with Gasteiger partial charge in [0.05, 0.1) is 12.1 Å². The topological polar surface area (TPSA) is 88.8 Å². The Balaban J connectivity index is 2.36. The summed E-state index contributed by atoms with van der Waals surface area (Å²) < 4.78 is 7.02. The van der Waals surface area contributed by atoms with Crippen molar-refractivity contribution in [3.05, 3.63) is 64.4 Å². The molecule has 0 fully saturated rings. The molecule has 0 saturated heterocycles. The van der Waals surface area contributed by atoms with E-state index in [2.05, 4.69) is 0 Å². The van der Waals surface area contributed by atoms with E-state index in [1.165, 1.54) is 24.4 Å². The zero-order valence-corrected chi connectivity index (χ0v) is 12.9. The monoisotopic (exact) mass is 325 g/mol. The van der Waals surface area contributed by atoms with Crippen LogP contribution in [0.15, 0.2) is 53.5 Å². The average molecular weight is 325 g/mol. The van der Waals surface area contributed by atoms with E-state index in [0.717, 1.165) is 0 Å². The molecular formula is C18H15NO5. The number of carboxylic acids is 1. The van der Waals surface area contributed by atoms with Gasteiger partial charge < -0.3 is 19.5 Å². The normalized spacial score (nSPS) is 10.7. The van der Waals surface area contributed by atoms with Crippen LogP contribution in [0.4, 0.5) is 0 Å². The predicted molar refractivity (Wildman–Crippen MR) is 89.3 cm³/mol. The minimum atomic E-state index is -1.30. The van der Waals surface area contributed by atoms with Crippen molar-refractivity contribution in [2.45, 2.75) is 6.92 Å². The van der Waals surface area contributed by atoms with Gasteiger partial charge in [0, 0.05) is 29.4 Å². The van der Waals surface area contributed by atoms with Gasteiger partial charge in [-0.2, -0.15) is 0 Å². The van der Waals surface area contributed by atoms with Crippen LogP contribution < -0.4 is 10.2 Å². The number of fused-ring (bicyclic) bond motifs is 1. The Morgan fingerprint density at radius 3 is 2.71 bits per heavy atom. The van der Waals surface area contributed by atoms with Gasteiger partial charge in [-0.3, -0.25) is 4.79 Å². The third kappa shape index (κ3) is 2.69. The van der Waals surface area contributed by atoms with Crippen molar-refractivity contribution in [3.8, 4) is 17.2 Å². The molecule has 0 saturated carbocycles. The molecule has 2 N–H and O–H groups in total. The highest BCUT2D eigenvalue weighted by Gasteiger charge is 2.16. The predicted octanol–water partition coefficient (Wildman–Crippen LogP) is 2.79. The third-order valence-corrected chi connectivity index (χ3v) is 3.63. The highest BCUT2D eigenvalue weighted by Crippen LogP contribution is 2.24. The van der Waals surface area contributed by atoms with Crippen molar-refractivity contribution < 1.29 is 19.7 Å². The Bertz CT molecular complexity index is 990. The molecule has 1 heterocycles. The number of carbonyl (C=O) groups is 1. The lowest BCUT2D eigenvalue weighted by Gasteiger charge is -2.14. The lowest BCUT2D eigenvalue weighted by Crippen LogP contribution is -2.18. The minimum Gasteiger partial charge on any atom is -0.508 e. The summed E-state index contributed by atoms with van der Waals surface area (Å²) in [6.07, 6.45) is 1.26. The number of rotatable bonds is 4. The van der Waals surface area contributed by atoms with Crippen molar-refractivity contribution >= 4 is 16.9 Å². The molecule has 0 spiro atoms. The summed E-state index contributed by atoms with van der Waals surface area (Å²) in [5.74, 6) is -0.691. The van der Waals surface area contributed by atoms with Crippen LogP contribution in [-0.4, -0.2) is 27.4 Å². The molecule has 0 atom stereocenters. The van der Waals surface area contributed by atoms with E-state index in [1.54, 1.807) is 28.8 Å². The molecule has 1 aromatic heterocycles. The molecule has 0 aliphatic rings. The molecular weight excluding hydrogens is 310 g/mol. The number of pyridine rings is 1. The lowest BCUT2D eigenvalue weighted by atomic mass is 10.1. The first-order valence-corrected chi connectivity index (χ1v) is 7.36. The smallest absolute Gasteiger partial charge is 0.341 e. The molecule has 0 amide bonds. The van der Waals surface area contributed by atoms with Crippen LogP contribution in [0.5, 0.6) is 11.5 Å². The zero-order valence-electron chi connectivity index (χ0n) is 12.9. The summed E-state index contributed by atoms with van der Waals surface area (Å²) in [4.78, 5) is 23.7. The summed E-state index contributed by atoms with van der Waals surface area (Å²) in [6.45, 7) is 2.36. The van der Waals surface area contributed by atoms with Gasteiger partial charge in [0.15, 0.2) is 0 Å². The Morgan fingerprint density at radius 1 is 1.21 bits per heavy atom. The van der Waals surface area contributed by atoms with Gasteiger partial charge in [0.1, 0.15) is 17.1 Å². The van der Waals surface area contributed by atoms with E-state index in [1.807, 2.05) is 6.92 Å². The summed E-state index contributed by atoms with van der Waals surface area (Å²) in [5, 5.41) is 19.3. The number of nitrogens with zero attached hydrogens (tertiary/aromatic N) is 1. The maximum atomic E-state index is 12.3. The fourth-order valence-corrected chi connectivity index (χ4v) is 2.57. The Morgan fingerprint density at radius 2 is 2.00 bits per heavy atom. The zero-order chi connectivity index (χ0) is 17.3. The van der Waals surface area contributed by atoms with Crippen LogP contribution in [0.25, 0.3) is 16.6 Å². The molecule has 0 aliphatic heterocycles. The molecule has 3 aromatic rings. The number of phenolic OH excluding ortho intramolecular Hbond substituents is 1. The number of benzene rings is 2. The standard InChI is InChI=1S/C18H15NO5/c1-2-24-13-5-3-4-11(8-13)19-10-15(18(22)23)17(21)14-7-6-12(20)9-16(14)19/h3-10,20H,2H2,1H3,(H,22,23). The SMILES string of the molecule is CCOc1cccc(-n2cc(C(=O)O)c(=O)c3ccc(O)cc32)c1. The second-order valence-corrected chi connectivity index (χ2v) is 5.18. The van der Waals surface area contributed by atoms with Gasteiger partial charge in [0.25, 0.3) is 0 Å². The molecule has 0 aliphatic carbocycles. The van der Waals surface area contributed by atoms with Crippen LogP contribution in [0.1, 0.15) is 17.3 Å². The summed E-state index contributed by atoms with van der Waals surface area (Å²) >= 11 is 0. The van der Waals surface area contributed by atoms with Crippen LogP contribution in [0.2, 0.25) is 0 Å². The molecule has 3 rings (SSSR count). The van der Waals surface area contributed by atoms with Crippen molar-refractivity contribution in [2.24, 2.45) is 0 Å². The number of aromatic nitrogens is 1. The Kier molecular flexibility index (Phi) is 3.95. The van der Waals surface area contributed by atoms with Gasteiger partial charge in [-0.05, 0) is 31.2 Å². The molecule has 122 valence electrons. The molecule has 0 bridgehead atoms. The maximum absolute atomic E-state index is 12.3. The average Bonchev–Trinajstić information content (AvgIpc) is 2.55. The van der Waals surface area contributed by atoms with Crippen LogP contribution >= 0.6 is 0 Å².